The number of carbonyl (C=O) groups excluding carboxylic acids is 2. The van der Waals surface area contributed by atoms with E-state index in [0.717, 1.165) is 17.7 Å². The molecule has 0 spiro atoms. The summed E-state index contributed by atoms with van der Waals surface area (Å²) in [5.74, 6) is -0.520. The number of rotatable bonds is 7. The fourth-order valence-corrected chi connectivity index (χ4v) is 2.81. The zero-order valence-corrected chi connectivity index (χ0v) is 15.0. The SMILES string of the molecule is COCCCNC(=O)C1CC1C(=O)Nc1ccccc1C(C)(C)C. The third-order valence-electron chi connectivity index (χ3n) is 4.28. The molecule has 5 heteroatoms. The highest BCUT2D eigenvalue weighted by Gasteiger charge is 2.48. The average Bonchev–Trinajstić information content (AvgIpc) is 3.31. The summed E-state index contributed by atoms with van der Waals surface area (Å²) < 4.78 is 4.95. The van der Waals surface area contributed by atoms with Crippen LogP contribution >= 0.6 is 0 Å². The van der Waals surface area contributed by atoms with Gasteiger partial charge in [0.15, 0.2) is 0 Å². The van der Waals surface area contributed by atoms with Gasteiger partial charge in [-0.2, -0.15) is 0 Å². The molecule has 1 saturated carbocycles. The predicted molar refractivity (Wildman–Crippen MR) is 94.9 cm³/mol. The Morgan fingerprint density at radius 3 is 2.50 bits per heavy atom. The minimum absolute atomic E-state index is 0.0321. The first-order valence-corrected chi connectivity index (χ1v) is 8.51. The number of amides is 2. The molecule has 5 nitrogen and oxygen atoms in total. The van der Waals surface area contributed by atoms with Crippen LogP contribution in [0.15, 0.2) is 24.3 Å². The number of nitrogens with one attached hydrogen (secondary N) is 2. The summed E-state index contributed by atoms with van der Waals surface area (Å²) in [6, 6.07) is 7.84. The second-order valence-corrected chi connectivity index (χ2v) is 7.37. The van der Waals surface area contributed by atoms with Crippen molar-refractivity contribution in [3.63, 3.8) is 0 Å². The molecule has 0 bridgehead atoms. The van der Waals surface area contributed by atoms with Gasteiger partial charge >= 0.3 is 0 Å². The maximum atomic E-state index is 12.4. The lowest BCUT2D eigenvalue weighted by atomic mass is 9.86. The molecule has 2 amide bonds. The average molecular weight is 332 g/mol. The molecular formula is C19H28N2O3. The van der Waals surface area contributed by atoms with Gasteiger partial charge in [-0.25, -0.2) is 0 Å². The highest BCUT2D eigenvalue weighted by atomic mass is 16.5. The van der Waals surface area contributed by atoms with Crippen molar-refractivity contribution in [3.05, 3.63) is 29.8 Å². The number of para-hydroxylation sites is 1. The van der Waals surface area contributed by atoms with Crippen molar-refractivity contribution in [3.8, 4) is 0 Å². The lowest BCUT2D eigenvalue weighted by Gasteiger charge is -2.23. The first-order chi connectivity index (χ1) is 11.3. The predicted octanol–water partition coefficient (Wildman–Crippen LogP) is 2.71. The number of hydrogen-bond acceptors (Lipinski definition) is 3. The molecule has 2 unspecified atom stereocenters. The van der Waals surface area contributed by atoms with Crippen LogP contribution in [-0.2, 0) is 19.7 Å². The van der Waals surface area contributed by atoms with Crippen LogP contribution in [0.5, 0.6) is 0 Å². The van der Waals surface area contributed by atoms with E-state index in [4.69, 9.17) is 4.74 Å². The van der Waals surface area contributed by atoms with E-state index in [1.807, 2.05) is 24.3 Å². The van der Waals surface area contributed by atoms with Crippen molar-refractivity contribution in [1.82, 2.24) is 5.32 Å². The maximum Gasteiger partial charge on any atom is 0.228 e. The Balaban J connectivity index is 1.88. The highest BCUT2D eigenvalue weighted by Crippen LogP contribution is 2.40. The van der Waals surface area contributed by atoms with Crippen LogP contribution in [0.3, 0.4) is 0 Å². The molecule has 1 aromatic rings. The van der Waals surface area contributed by atoms with E-state index in [1.54, 1.807) is 7.11 Å². The normalized spacial score (nSPS) is 19.7. The fourth-order valence-electron chi connectivity index (χ4n) is 2.81. The third-order valence-corrected chi connectivity index (χ3v) is 4.28. The van der Waals surface area contributed by atoms with Crippen molar-refractivity contribution in [2.75, 3.05) is 25.6 Å². The molecule has 24 heavy (non-hydrogen) atoms. The van der Waals surface area contributed by atoms with Crippen LogP contribution in [0.4, 0.5) is 5.69 Å². The zero-order chi connectivity index (χ0) is 17.7. The Morgan fingerprint density at radius 2 is 1.83 bits per heavy atom. The van der Waals surface area contributed by atoms with Gasteiger partial charge in [-0.05, 0) is 29.9 Å². The zero-order valence-electron chi connectivity index (χ0n) is 15.0. The van der Waals surface area contributed by atoms with E-state index < -0.39 is 0 Å². The van der Waals surface area contributed by atoms with E-state index in [2.05, 4.69) is 31.4 Å². The third kappa shape index (κ3) is 4.81. The van der Waals surface area contributed by atoms with E-state index in [1.165, 1.54) is 0 Å². The second-order valence-electron chi connectivity index (χ2n) is 7.37. The van der Waals surface area contributed by atoms with Crippen LogP contribution in [-0.4, -0.2) is 32.1 Å². The molecule has 132 valence electrons. The molecule has 1 fully saturated rings. The van der Waals surface area contributed by atoms with Crippen LogP contribution in [0, 0.1) is 11.8 Å². The molecule has 1 aliphatic rings. The van der Waals surface area contributed by atoms with Crippen LogP contribution in [0.2, 0.25) is 0 Å². The Labute approximate surface area is 144 Å². The van der Waals surface area contributed by atoms with Crippen molar-refractivity contribution < 1.29 is 14.3 Å². The molecule has 2 N–H and O–H groups in total. The largest absolute Gasteiger partial charge is 0.385 e. The summed E-state index contributed by atoms with van der Waals surface area (Å²) in [5, 5.41) is 5.87. The molecular weight excluding hydrogens is 304 g/mol. The van der Waals surface area contributed by atoms with E-state index >= 15 is 0 Å². The van der Waals surface area contributed by atoms with Gasteiger partial charge in [-0.15, -0.1) is 0 Å². The number of benzene rings is 1. The standard InChI is InChI=1S/C19H28N2O3/c1-19(2,3)15-8-5-6-9-16(15)21-18(23)14-12-13(14)17(22)20-10-7-11-24-4/h5-6,8-9,13-14H,7,10-12H2,1-4H3,(H,20,22)(H,21,23). The van der Waals surface area contributed by atoms with Crippen molar-refractivity contribution in [2.45, 2.75) is 39.0 Å². The Morgan fingerprint density at radius 1 is 1.17 bits per heavy atom. The minimum Gasteiger partial charge on any atom is -0.385 e. The molecule has 2 rings (SSSR count). The second kappa shape index (κ2) is 7.79. The van der Waals surface area contributed by atoms with Crippen LogP contribution in [0.1, 0.15) is 39.2 Å². The fraction of sp³-hybridized carbons (Fsp3) is 0.579. The van der Waals surface area contributed by atoms with Crippen molar-refractivity contribution in [1.29, 1.82) is 0 Å². The molecule has 0 aromatic heterocycles. The Hall–Kier alpha value is -1.88. The monoisotopic (exact) mass is 332 g/mol. The Kier molecular flexibility index (Phi) is 5.99. The molecule has 1 aromatic carbocycles. The maximum absolute atomic E-state index is 12.4. The van der Waals surface area contributed by atoms with Crippen LogP contribution in [0.25, 0.3) is 0 Å². The lowest BCUT2D eigenvalue weighted by Crippen LogP contribution is -2.29. The lowest BCUT2D eigenvalue weighted by molar-refractivity contribution is -0.125. The Bertz CT molecular complexity index is 593. The summed E-state index contributed by atoms with van der Waals surface area (Å²) in [4.78, 5) is 24.5. The smallest absolute Gasteiger partial charge is 0.228 e. The summed E-state index contributed by atoms with van der Waals surface area (Å²) >= 11 is 0. The molecule has 0 radical (unpaired) electrons. The molecule has 1 aliphatic carbocycles. The number of ether oxygens (including phenoxy) is 1. The quantitative estimate of drug-likeness (QED) is 0.755. The van der Waals surface area contributed by atoms with Gasteiger partial charge in [0.2, 0.25) is 11.8 Å². The molecule has 2 atom stereocenters. The van der Waals surface area contributed by atoms with E-state index in [0.29, 0.717) is 19.6 Å². The number of methoxy groups -OCH3 is 1. The topological polar surface area (TPSA) is 67.4 Å². The first kappa shape index (κ1) is 18.5. The van der Waals surface area contributed by atoms with Crippen molar-refractivity contribution >= 4 is 17.5 Å². The number of anilines is 1. The van der Waals surface area contributed by atoms with Gasteiger partial charge in [-0.1, -0.05) is 39.0 Å². The summed E-state index contributed by atoms with van der Waals surface area (Å²) in [7, 11) is 1.64. The van der Waals surface area contributed by atoms with Gasteiger partial charge in [-0.3, -0.25) is 9.59 Å². The van der Waals surface area contributed by atoms with Gasteiger partial charge in [0.1, 0.15) is 0 Å². The summed E-state index contributed by atoms with van der Waals surface area (Å²) in [6.07, 6.45) is 1.41. The van der Waals surface area contributed by atoms with E-state index in [9.17, 15) is 9.59 Å². The minimum atomic E-state index is -0.222. The summed E-state index contributed by atoms with van der Waals surface area (Å²) in [5.41, 5.74) is 1.88. The first-order valence-electron chi connectivity index (χ1n) is 8.51. The number of carbonyl (C=O) groups is 2. The van der Waals surface area contributed by atoms with Crippen LogP contribution < -0.4 is 10.6 Å². The molecule has 0 heterocycles. The van der Waals surface area contributed by atoms with Crippen molar-refractivity contribution in [2.24, 2.45) is 11.8 Å². The molecule has 0 aliphatic heterocycles. The van der Waals surface area contributed by atoms with E-state index in [-0.39, 0.29) is 29.1 Å². The van der Waals surface area contributed by atoms with Gasteiger partial charge in [0.05, 0.1) is 11.8 Å². The van der Waals surface area contributed by atoms with Gasteiger partial charge < -0.3 is 15.4 Å². The summed E-state index contributed by atoms with van der Waals surface area (Å²) in [6.45, 7) is 7.56. The highest BCUT2D eigenvalue weighted by molar-refractivity contribution is 6.00. The number of hydrogen-bond donors (Lipinski definition) is 2. The van der Waals surface area contributed by atoms with Gasteiger partial charge in [0, 0.05) is 25.9 Å². The van der Waals surface area contributed by atoms with Gasteiger partial charge in [0.25, 0.3) is 0 Å². The molecule has 0 saturated heterocycles.